The molecule has 2 aliphatic rings. The molecule has 4 rings (SSSR count). The third-order valence-electron chi connectivity index (χ3n) is 5.36. The van der Waals surface area contributed by atoms with Crippen LogP contribution in [0.2, 0.25) is 0 Å². The molecule has 2 unspecified atom stereocenters. The van der Waals surface area contributed by atoms with E-state index in [0.29, 0.717) is 31.7 Å². The number of morpholine rings is 1. The molecular weight excluding hydrogens is 358 g/mol. The van der Waals surface area contributed by atoms with Crippen LogP contribution in [0.5, 0.6) is 0 Å². The summed E-state index contributed by atoms with van der Waals surface area (Å²) >= 11 is 0. The van der Waals surface area contributed by atoms with Gasteiger partial charge >= 0.3 is 6.09 Å². The second kappa shape index (κ2) is 8.06. The molecular formula is C21H23N3O4. The van der Waals surface area contributed by atoms with Crippen LogP contribution in [0, 0.1) is 12.8 Å². The van der Waals surface area contributed by atoms with Crippen LogP contribution in [0.4, 0.5) is 4.79 Å². The molecule has 2 aliphatic heterocycles. The lowest BCUT2D eigenvalue weighted by atomic mass is 9.82. The number of fused-ring (bicyclic) bond motifs is 2. The number of hydrogen-bond acceptors (Lipinski definition) is 6. The van der Waals surface area contributed by atoms with E-state index in [1.807, 2.05) is 37.3 Å². The molecule has 146 valence electrons. The van der Waals surface area contributed by atoms with Crippen molar-refractivity contribution < 1.29 is 19.1 Å². The van der Waals surface area contributed by atoms with Gasteiger partial charge in [-0.1, -0.05) is 30.3 Å². The standard InChI is InChI=1S/C21H23N3O4/c1-14-7-8-19(23-22-14)20(25)16-9-17-12-27-13-18(10-16)24(17)21(26)28-11-15-5-3-2-4-6-15/h2-8,16-18H,9-13H2,1H3. The first-order valence-corrected chi connectivity index (χ1v) is 9.53. The van der Waals surface area contributed by atoms with Crippen LogP contribution < -0.4 is 0 Å². The average Bonchev–Trinajstić information content (AvgIpc) is 2.72. The number of hydrogen-bond donors (Lipinski definition) is 0. The van der Waals surface area contributed by atoms with Crippen LogP contribution in [-0.4, -0.2) is 52.3 Å². The summed E-state index contributed by atoms with van der Waals surface area (Å²) in [6, 6.07) is 12.8. The Morgan fingerprint density at radius 2 is 1.79 bits per heavy atom. The van der Waals surface area contributed by atoms with Gasteiger partial charge in [-0.3, -0.25) is 9.69 Å². The Labute approximate surface area is 163 Å². The van der Waals surface area contributed by atoms with E-state index in [1.165, 1.54) is 0 Å². The summed E-state index contributed by atoms with van der Waals surface area (Å²) in [6.45, 7) is 2.90. The Bertz CT molecular complexity index is 826. The molecule has 0 radical (unpaired) electrons. The van der Waals surface area contributed by atoms with Gasteiger partial charge in [-0.25, -0.2) is 4.79 Å². The first-order valence-electron chi connectivity index (χ1n) is 9.53. The molecule has 2 aromatic rings. The molecule has 7 nitrogen and oxygen atoms in total. The van der Waals surface area contributed by atoms with Crippen molar-refractivity contribution in [2.75, 3.05) is 13.2 Å². The number of piperidine rings is 1. The number of carbonyl (C=O) groups is 2. The van der Waals surface area contributed by atoms with E-state index in [9.17, 15) is 9.59 Å². The largest absolute Gasteiger partial charge is 0.445 e. The maximum absolute atomic E-state index is 12.9. The van der Waals surface area contributed by atoms with Gasteiger partial charge < -0.3 is 9.47 Å². The lowest BCUT2D eigenvalue weighted by Crippen LogP contribution is -2.60. The molecule has 2 atom stereocenters. The highest BCUT2D eigenvalue weighted by molar-refractivity contribution is 5.96. The highest BCUT2D eigenvalue weighted by atomic mass is 16.6. The molecule has 3 heterocycles. The van der Waals surface area contributed by atoms with Crippen molar-refractivity contribution >= 4 is 11.9 Å². The van der Waals surface area contributed by atoms with Gasteiger partial charge in [0.1, 0.15) is 12.3 Å². The van der Waals surface area contributed by atoms with Crippen LogP contribution in [0.1, 0.15) is 34.6 Å². The Balaban J connectivity index is 1.42. The number of benzene rings is 1. The van der Waals surface area contributed by atoms with Gasteiger partial charge in [0.25, 0.3) is 0 Å². The summed E-state index contributed by atoms with van der Waals surface area (Å²) in [7, 11) is 0. The van der Waals surface area contributed by atoms with Gasteiger partial charge in [0, 0.05) is 5.92 Å². The molecule has 1 amide bonds. The normalized spacial score (nSPS) is 23.9. The molecule has 2 bridgehead atoms. The van der Waals surface area contributed by atoms with Gasteiger partial charge in [0.05, 0.1) is 31.0 Å². The van der Waals surface area contributed by atoms with Crippen molar-refractivity contribution in [1.82, 2.24) is 15.1 Å². The van der Waals surface area contributed by atoms with Crippen LogP contribution in [-0.2, 0) is 16.1 Å². The first-order chi connectivity index (χ1) is 13.6. The van der Waals surface area contributed by atoms with Crippen molar-refractivity contribution in [3.63, 3.8) is 0 Å². The molecule has 0 spiro atoms. The number of aryl methyl sites for hydroxylation is 1. The van der Waals surface area contributed by atoms with E-state index < -0.39 is 0 Å². The maximum atomic E-state index is 12.9. The van der Waals surface area contributed by atoms with Crippen molar-refractivity contribution in [2.24, 2.45) is 5.92 Å². The fourth-order valence-corrected chi connectivity index (χ4v) is 3.96. The number of nitrogens with zero attached hydrogens (tertiary/aromatic N) is 3. The number of amides is 1. The third kappa shape index (κ3) is 3.89. The molecule has 2 saturated heterocycles. The summed E-state index contributed by atoms with van der Waals surface area (Å²) in [6.07, 6.45) is 0.750. The van der Waals surface area contributed by atoms with E-state index in [0.717, 1.165) is 11.3 Å². The molecule has 2 fully saturated rings. The van der Waals surface area contributed by atoms with E-state index in [-0.39, 0.29) is 36.5 Å². The predicted molar refractivity (Wildman–Crippen MR) is 101 cm³/mol. The van der Waals surface area contributed by atoms with E-state index in [4.69, 9.17) is 9.47 Å². The topological polar surface area (TPSA) is 81.6 Å². The van der Waals surface area contributed by atoms with E-state index in [1.54, 1.807) is 17.0 Å². The van der Waals surface area contributed by atoms with Crippen LogP contribution in [0.25, 0.3) is 0 Å². The Morgan fingerprint density at radius 3 is 2.43 bits per heavy atom. The zero-order valence-electron chi connectivity index (χ0n) is 15.8. The van der Waals surface area contributed by atoms with E-state index >= 15 is 0 Å². The minimum Gasteiger partial charge on any atom is -0.445 e. The molecule has 7 heteroatoms. The molecule has 28 heavy (non-hydrogen) atoms. The fourth-order valence-electron chi connectivity index (χ4n) is 3.96. The summed E-state index contributed by atoms with van der Waals surface area (Å²) < 4.78 is 11.2. The Kier molecular flexibility index (Phi) is 5.34. The SMILES string of the molecule is Cc1ccc(C(=O)C2CC3COCC(C2)N3C(=O)OCc2ccccc2)nn1. The maximum Gasteiger partial charge on any atom is 0.410 e. The van der Waals surface area contributed by atoms with Crippen molar-refractivity contribution in [3.05, 3.63) is 59.4 Å². The summed E-state index contributed by atoms with van der Waals surface area (Å²) in [5, 5.41) is 8.01. The lowest BCUT2D eigenvalue weighted by molar-refractivity contribution is -0.0756. The van der Waals surface area contributed by atoms with Crippen molar-refractivity contribution in [1.29, 1.82) is 0 Å². The Morgan fingerprint density at radius 1 is 1.07 bits per heavy atom. The van der Waals surface area contributed by atoms with Crippen LogP contribution in [0.15, 0.2) is 42.5 Å². The van der Waals surface area contributed by atoms with Gasteiger partial charge in [-0.15, -0.1) is 5.10 Å². The lowest BCUT2D eigenvalue weighted by Gasteiger charge is -2.47. The number of aromatic nitrogens is 2. The second-order valence-electron chi connectivity index (χ2n) is 7.39. The number of Topliss-reactive ketones (excluding diaryl/α,β-unsaturated/α-hetero) is 1. The number of ether oxygens (including phenoxy) is 2. The number of ketones is 1. The predicted octanol–water partition coefficient (Wildman–Crippen LogP) is 2.78. The third-order valence-corrected chi connectivity index (χ3v) is 5.36. The molecule has 0 N–H and O–H groups in total. The smallest absolute Gasteiger partial charge is 0.410 e. The highest BCUT2D eigenvalue weighted by Crippen LogP contribution is 2.33. The van der Waals surface area contributed by atoms with E-state index in [2.05, 4.69) is 10.2 Å². The first kappa shape index (κ1) is 18.6. The average molecular weight is 381 g/mol. The summed E-state index contributed by atoms with van der Waals surface area (Å²) in [4.78, 5) is 27.3. The zero-order valence-corrected chi connectivity index (χ0v) is 15.8. The zero-order chi connectivity index (χ0) is 19.5. The second-order valence-corrected chi connectivity index (χ2v) is 7.39. The monoisotopic (exact) mass is 381 g/mol. The molecule has 0 aliphatic carbocycles. The van der Waals surface area contributed by atoms with Crippen molar-refractivity contribution in [3.8, 4) is 0 Å². The Hall–Kier alpha value is -2.80. The van der Waals surface area contributed by atoms with Gasteiger partial charge in [-0.2, -0.15) is 5.10 Å². The molecule has 1 aromatic heterocycles. The van der Waals surface area contributed by atoms with Crippen LogP contribution >= 0.6 is 0 Å². The van der Waals surface area contributed by atoms with Crippen LogP contribution in [0.3, 0.4) is 0 Å². The highest BCUT2D eigenvalue weighted by Gasteiger charge is 2.44. The van der Waals surface area contributed by atoms with Gasteiger partial charge in [0.2, 0.25) is 0 Å². The summed E-state index contributed by atoms with van der Waals surface area (Å²) in [5.41, 5.74) is 2.10. The number of carbonyl (C=O) groups excluding carboxylic acids is 2. The van der Waals surface area contributed by atoms with Crippen molar-refractivity contribution in [2.45, 2.75) is 38.5 Å². The fraction of sp³-hybridized carbons (Fsp3) is 0.429. The quantitative estimate of drug-likeness (QED) is 0.758. The molecule has 1 aromatic carbocycles. The summed E-state index contributed by atoms with van der Waals surface area (Å²) in [5.74, 6) is -0.198. The van der Waals surface area contributed by atoms with Gasteiger partial charge in [0.15, 0.2) is 5.78 Å². The number of rotatable bonds is 4. The molecule has 0 saturated carbocycles. The minimum atomic E-state index is -0.344. The minimum absolute atomic E-state index is 0.0123. The van der Waals surface area contributed by atoms with Gasteiger partial charge in [-0.05, 0) is 37.5 Å².